The predicted molar refractivity (Wildman–Crippen MR) is 80.6 cm³/mol. The van der Waals surface area contributed by atoms with Crippen molar-refractivity contribution < 1.29 is 36.0 Å². The van der Waals surface area contributed by atoms with Crippen molar-refractivity contribution in [2.24, 2.45) is 5.92 Å². The molecule has 0 radical (unpaired) electrons. The molecule has 142 valence electrons. The lowest BCUT2D eigenvalue weighted by Gasteiger charge is -2.31. The van der Waals surface area contributed by atoms with E-state index in [9.17, 15) is 26.4 Å². The molecule has 0 spiro atoms. The van der Waals surface area contributed by atoms with E-state index in [0.717, 1.165) is 0 Å². The molecule has 0 amide bonds. The highest BCUT2D eigenvalue weighted by Gasteiger charge is 2.35. The van der Waals surface area contributed by atoms with Gasteiger partial charge in [0, 0.05) is 31.5 Å². The monoisotopic (exact) mass is 384 g/mol. The average molecular weight is 384 g/mol. The summed E-state index contributed by atoms with van der Waals surface area (Å²) in [5.41, 5.74) is 0.444. The van der Waals surface area contributed by atoms with Gasteiger partial charge in [-0.25, -0.2) is 17.5 Å². The summed E-state index contributed by atoms with van der Waals surface area (Å²) in [6.07, 6.45) is -4.73. The molecular weight excluding hydrogens is 365 g/mol. The smallest absolute Gasteiger partial charge is 0.389 e. The van der Waals surface area contributed by atoms with Gasteiger partial charge in [-0.2, -0.15) is 13.2 Å². The third-order valence-electron chi connectivity index (χ3n) is 4.08. The minimum Gasteiger partial charge on any atom is -0.475 e. The van der Waals surface area contributed by atoms with Crippen LogP contribution in [0.3, 0.4) is 0 Å². The number of nitrogens with zero attached hydrogens (tertiary/aromatic N) is 2. The number of carboxylic acid groups (broad SMARTS) is 1. The van der Waals surface area contributed by atoms with Gasteiger partial charge in [0.15, 0.2) is 0 Å². The zero-order valence-corrected chi connectivity index (χ0v) is 14.3. The minimum absolute atomic E-state index is 0.143. The van der Waals surface area contributed by atoms with Crippen LogP contribution in [0.15, 0.2) is 10.6 Å². The van der Waals surface area contributed by atoms with Gasteiger partial charge in [-0.1, -0.05) is 12.1 Å². The van der Waals surface area contributed by atoms with Crippen LogP contribution >= 0.6 is 0 Å². The molecule has 1 aromatic heterocycles. The van der Waals surface area contributed by atoms with Gasteiger partial charge in [-0.3, -0.25) is 0 Å². The minimum atomic E-state index is -4.39. The molecule has 1 aliphatic rings. The molecule has 1 unspecified atom stereocenters. The molecular formula is C14H19F3N2O5S. The van der Waals surface area contributed by atoms with Gasteiger partial charge in [0.1, 0.15) is 0 Å². The van der Waals surface area contributed by atoms with Crippen molar-refractivity contribution in [3.05, 3.63) is 17.5 Å². The van der Waals surface area contributed by atoms with Gasteiger partial charge in [-0.15, -0.1) is 0 Å². The normalized spacial score (nSPS) is 19.0. The molecule has 7 nitrogen and oxygen atoms in total. The Morgan fingerprint density at radius 2 is 2.04 bits per heavy atom. The van der Waals surface area contributed by atoms with Gasteiger partial charge in [0.25, 0.3) is 0 Å². The molecule has 1 atom stereocenters. The quantitative estimate of drug-likeness (QED) is 0.809. The molecule has 1 saturated heterocycles. The second kappa shape index (κ2) is 7.32. The van der Waals surface area contributed by atoms with Crippen molar-refractivity contribution in [3.63, 3.8) is 0 Å². The van der Waals surface area contributed by atoms with E-state index in [1.54, 1.807) is 0 Å². The molecule has 25 heavy (non-hydrogen) atoms. The predicted octanol–water partition coefficient (Wildman–Crippen LogP) is 2.47. The first-order chi connectivity index (χ1) is 11.5. The van der Waals surface area contributed by atoms with E-state index >= 15 is 0 Å². The van der Waals surface area contributed by atoms with Crippen molar-refractivity contribution in [2.45, 2.75) is 38.3 Å². The zero-order valence-electron chi connectivity index (χ0n) is 13.5. The number of aromatic nitrogens is 1. The number of aromatic carboxylic acids is 1. The second-order valence-corrected chi connectivity index (χ2v) is 8.31. The van der Waals surface area contributed by atoms with Gasteiger partial charge in [-0.05, 0) is 18.8 Å². The Hall–Kier alpha value is -1.62. The van der Waals surface area contributed by atoms with Crippen molar-refractivity contribution in [3.8, 4) is 0 Å². The SMILES string of the molecule is CC(CC(F)(F)F)CS(=O)(=O)N1CCC(c2cc(C(=O)O)on2)CC1. The first-order valence-electron chi connectivity index (χ1n) is 7.72. The lowest BCUT2D eigenvalue weighted by Crippen LogP contribution is -2.40. The van der Waals surface area contributed by atoms with Gasteiger partial charge in [0.2, 0.25) is 15.8 Å². The number of halogens is 3. The van der Waals surface area contributed by atoms with Gasteiger partial charge < -0.3 is 9.63 Å². The Bertz CT molecular complexity index is 708. The van der Waals surface area contributed by atoms with Crippen LogP contribution in [0.5, 0.6) is 0 Å². The van der Waals surface area contributed by atoms with E-state index in [-0.39, 0.29) is 24.8 Å². The summed E-state index contributed by atoms with van der Waals surface area (Å²) in [6.45, 7) is 1.57. The standard InChI is InChI=1S/C14H19F3N2O5S/c1-9(7-14(15,16)17)8-25(22,23)19-4-2-10(3-5-19)11-6-12(13(20)21)24-18-11/h6,9-10H,2-5,7-8H2,1H3,(H,20,21). The average Bonchev–Trinajstić information content (AvgIpc) is 2.94. The summed E-state index contributed by atoms with van der Waals surface area (Å²) in [5, 5.41) is 12.5. The number of carbonyl (C=O) groups is 1. The highest BCUT2D eigenvalue weighted by atomic mass is 32.2. The summed E-state index contributed by atoms with van der Waals surface area (Å²) in [6, 6.07) is 1.31. The summed E-state index contributed by atoms with van der Waals surface area (Å²) in [7, 11) is -3.77. The fourth-order valence-electron chi connectivity index (χ4n) is 2.93. The van der Waals surface area contributed by atoms with E-state index in [2.05, 4.69) is 9.68 Å². The Balaban J connectivity index is 1.92. The third kappa shape index (κ3) is 5.43. The fraction of sp³-hybridized carbons (Fsp3) is 0.714. The largest absolute Gasteiger partial charge is 0.475 e. The number of alkyl halides is 3. The van der Waals surface area contributed by atoms with Crippen LogP contribution in [0.2, 0.25) is 0 Å². The second-order valence-electron chi connectivity index (χ2n) is 6.30. The summed E-state index contributed by atoms with van der Waals surface area (Å²) >= 11 is 0. The van der Waals surface area contributed by atoms with E-state index in [4.69, 9.17) is 5.11 Å². The maximum absolute atomic E-state index is 12.4. The molecule has 0 aliphatic carbocycles. The van der Waals surface area contributed by atoms with E-state index in [0.29, 0.717) is 18.5 Å². The van der Waals surface area contributed by atoms with Crippen molar-refractivity contribution >= 4 is 16.0 Å². The van der Waals surface area contributed by atoms with E-state index < -0.39 is 40.3 Å². The molecule has 1 N–H and O–H groups in total. The lowest BCUT2D eigenvalue weighted by atomic mass is 9.94. The summed E-state index contributed by atoms with van der Waals surface area (Å²) < 4.78 is 67.5. The number of hydrogen-bond donors (Lipinski definition) is 1. The highest BCUT2D eigenvalue weighted by molar-refractivity contribution is 7.89. The topological polar surface area (TPSA) is 101 Å². The molecule has 2 heterocycles. The van der Waals surface area contributed by atoms with Gasteiger partial charge >= 0.3 is 12.1 Å². The van der Waals surface area contributed by atoms with Crippen LogP contribution in [-0.2, 0) is 10.0 Å². The van der Waals surface area contributed by atoms with Crippen LogP contribution in [0, 0.1) is 5.92 Å². The van der Waals surface area contributed by atoms with Crippen LogP contribution < -0.4 is 0 Å². The van der Waals surface area contributed by atoms with E-state index in [1.165, 1.54) is 17.3 Å². The summed E-state index contributed by atoms with van der Waals surface area (Å²) in [4.78, 5) is 10.8. The van der Waals surface area contributed by atoms with E-state index in [1.807, 2.05) is 0 Å². The third-order valence-corrected chi connectivity index (χ3v) is 6.22. The number of piperidine rings is 1. The number of hydrogen-bond acceptors (Lipinski definition) is 5. The lowest BCUT2D eigenvalue weighted by molar-refractivity contribution is -0.141. The number of carboxylic acids is 1. The van der Waals surface area contributed by atoms with Crippen molar-refractivity contribution in [1.29, 1.82) is 0 Å². The fourth-order valence-corrected chi connectivity index (χ4v) is 4.75. The van der Waals surface area contributed by atoms with Crippen LogP contribution in [0.1, 0.15) is 48.4 Å². The Labute approximate surface area is 142 Å². The van der Waals surface area contributed by atoms with Crippen LogP contribution in [-0.4, -0.2) is 54.0 Å². The molecule has 2 rings (SSSR count). The molecule has 0 aromatic carbocycles. The first-order valence-corrected chi connectivity index (χ1v) is 9.33. The zero-order chi connectivity index (χ0) is 18.8. The van der Waals surface area contributed by atoms with Crippen LogP contribution in [0.4, 0.5) is 13.2 Å². The Morgan fingerprint density at radius 3 is 2.52 bits per heavy atom. The summed E-state index contributed by atoms with van der Waals surface area (Å²) in [5.74, 6) is -3.24. The molecule has 0 saturated carbocycles. The van der Waals surface area contributed by atoms with Crippen molar-refractivity contribution in [1.82, 2.24) is 9.46 Å². The molecule has 1 aliphatic heterocycles. The highest BCUT2D eigenvalue weighted by Crippen LogP contribution is 2.30. The Kier molecular flexibility index (Phi) is 5.77. The van der Waals surface area contributed by atoms with Crippen LogP contribution in [0.25, 0.3) is 0 Å². The maximum Gasteiger partial charge on any atom is 0.389 e. The number of rotatable bonds is 6. The molecule has 1 fully saturated rings. The molecule has 1 aromatic rings. The molecule has 0 bridgehead atoms. The maximum atomic E-state index is 12.4. The first kappa shape index (κ1) is 19.7. The molecule has 11 heteroatoms. The van der Waals surface area contributed by atoms with Gasteiger partial charge in [0.05, 0.1) is 11.4 Å². The van der Waals surface area contributed by atoms with Crippen molar-refractivity contribution in [2.75, 3.05) is 18.8 Å². The number of sulfonamides is 1. The Morgan fingerprint density at radius 1 is 1.44 bits per heavy atom.